The van der Waals surface area contributed by atoms with Gasteiger partial charge in [-0.25, -0.2) is 26.9 Å². The third kappa shape index (κ3) is 7.67. The van der Waals surface area contributed by atoms with Gasteiger partial charge in [-0.3, -0.25) is 0 Å². The Hall–Kier alpha value is -3.29. The summed E-state index contributed by atoms with van der Waals surface area (Å²) in [6.45, 7) is 7.61. The van der Waals surface area contributed by atoms with Crippen LogP contribution in [0.1, 0.15) is 52.5 Å². The van der Waals surface area contributed by atoms with E-state index in [0.717, 1.165) is 27.8 Å². The molecule has 0 unspecified atom stereocenters. The average Bonchev–Trinajstić information content (AvgIpc) is 3.50. The summed E-state index contributed by atoms with van der Waals surface area (Å²) in [6.07, 6.45) is 2.33. The number of aromatic nitrogens is 1. The van der Waals surface area contributed by atoms with Crippen LogP contribution in [0.5, 0.6) is 17.2 Å². The zero-order valence-electron chi connectivity index (χ0n) is 25.5. The van der Waals surface area contributed by atoms with Crippen molar-refractivity contribution in [3.63, 3.8) is 0 Å². The lowest BCUT2D eigenvalue weighted by atomic mass is 9.97. The molecule has 1 aliphatic heterocycles. The summed E-state index contributed by atoms with van der Waals surface area (Å²) in [5.41, 5.74) is -0.104. The Labute approximate surface area is 266 Å². The highest BCUT2D eigenvalue weighted by molar-refractivity contribution is 7.93. The van der Waals surface area contributed by atoms with Gasteiger partial charge in [-0.15, -0.1) is 11.3 Å². The van der Waals surface area contributed by atoms with Crippen LogP contribution in [0.25, 0.3) is 0 Å². The Bertz CT molecular complexity index is 1570. The van der Waals surface area contributed by atoms with E-state index in [-0.39, 0.29) is 34.6 Å². The van der Waals surface area contributed by atoms with Crippen molar-refractivity contribution in [3.05, 3.63) is 58.3 Å². The first kappa shape index (κ1) is 33.6. The second kappa shape index (κ2) is 13.8. The highest BCUT2D eigenvalue weighted by Crippen LogP contribution is 2.37. The molecule has 10 nitrogen and oxygen atoms in total. The molecule has 0 N–H and O–H groups in total. The summed E-state index contributed by atoms with van der Waals surface area (Å²) in [7, 11) is -1.52. The highest BCUT2D eigenvalue weighted by atomic mass is 35.5. The summed E-state index contributed by atoms with van der Waals surface area (Å²) in [5.74, 6) is -0.0768. The van der Waals surface area contributed by atoms with Crippen LogP contribution >= 0.6 is 22.9 Å². The molecule has 3 aromatic rings. The third-order valence-corrected chi connectivity index (χ3v) is 10.0. The average molecular weight is 670 g/mol. The van der Waals surface area contributed by atoms with Gasteiger partial charge in [0.05, 0.1) is 25.8 Å². The Morgan fingerprint density at radius 1 is 1.18 bits per heavy atom. The molecule has 0 spiro atoms. The Kier molecular flexibility index (Phi) is 10.5. The monoisotopic (exact) mass is 669 g/mol. The summed E-state index contributed by atoms with van der Waals surface area (Å²) in [6, 6.07) is 6.88. The van der Waals surface area contributed by atoms with E-state index in [1.165, 1.54) is 20.4 Å². The molecule has 240 valence electrons. The highest BCUT2D eigenvalue weighted by Gasteiger charge is 2.36. The van der Waals surface area contributed by atoms with E-state index >= 15 is 4.39 Å². The molecular weight excluding hydrogens is 633 g/mol. The molecule has 44 heavy (non-hydrogen) atoms. The van der Waals surface area contributed by atoms with Crippen molar-refractivity contribution in [2.75, 3.05) is 25.1 Å². The number of anilines is 1. The Balaban J connectivity index is 1.58. The number of hydrogen-bond donors (Lipinski definition) is 0. The third-order valence-electron chi connectivity index (χ3n) is 7.06. The van der Waals surface area contributed by atoms with Crippen LogP contribution in [0.15, 0.2) is 46.8 Å². The summed E-state index contributed by atoms with van der Waals surface area (Å²) >= 11 is 7.60. The lowest BCUT2D eigenvalue weighted by molar-refractivity contribution is -0.00469. The van der Waals surface area contributed by atoms with E-state index in [1.807, 2.05) is 27.7 Å². The Morgan fingerprint density at radius 3 is 2.55 bits per heavy atom. The van der Waals surface area contributed by atoms with Crippen molar-refractivity contribution in [1.82, 2.24) is 9.88 Å². The zero-order valence-corrected chi connectivity index (χ0v) is 27.9. The second-order valence-corrected chi connectivity index (χ2v) is 14.3. The maximum Gasteiger partial charge on any atom is 0.410 e. The smallest absolute Gasteiger partial charge is 0.410 e. The fourth-order valence-corrected chi connectivity index (χ4v) is 7.51. The van der Waals surface area contributed by atoms with Crippen molar-refractivity contribution in [1.29, 1.82) is 0 Å². The molecular formula is C30H37ClFN3O7S2. The van der Waals surface area contributed by atoms with Gasteiger partial charge in [-0.05, 0) is 45.4 Å². The second-order valence-electron chi connectivity index (χ2n) is 11.2. The number of nitrogens with zero attached hydrogens (tertiary/aromatic N) is 3. The van der Waals surface area contributed by atoms with Gasteiger partial charge >= 0.3 is 6.09 Å². The predicted molar refractivity (Wildman–Crippen MR) is 167 cm³/mol. The molecule has 0 aliphatic carbocycles. The molecule has 4 rings (SSSR count). The number of ether oxygens (including phenoxy) is 4. The summed E-state index contributed by atoms with van der Waals surface area (Å²) < 4.78 is 66.9. The van der Waals surface area contributed by atoms with Crippen LogP contribution in [0, 0.1) is 5.82 Å². The van der Waals surface area contributed by atoms with Gasteiger partial charge in [0.25, 0.3) is 10.0 Å². The van der Waals surface area contributed by atoms with E-state index in [0.29, 0.717) is 42.9 Å². The van der Waals surface area contributed by atoms with E-state index in [4.69, 9.17) is 30.5 Å². The van der Waals surface area contributed by atoms with Crippen molar-refractivity contribution < 1.29 is 36.6 Å². The first-order chi connectivity index (χ1) is 20.8. The molecule has 1 aromatic heterocycles. The topological polar surface area (TPSA) is 108 Å². The van der Waals surface area contributed by atoms with Gasteiger partial charge in [-0.2, -0.15) is 0 Å². The van der Waals surface area contributed by atoms with Crippen LogP contribution < -0.4 is 18.5 Å². The predicted octanol–water partition coefficient (Wildman–Crippen LogP) is 6.91. The number of hydrogen-bond acceptors (Lipinski definition) is 9. The van der Waals surface area contributed by atoms with E-state index < -0.39 is 32.4 Å². The minimum Gasteiger partial charge on any atom is -0.497 e. The van der Waals surface area contributed by atoms with Crippen LogP contribution in [-0.2, 0) is 21.3 Å². The van der Waals surface area contributed by atoms with Gasteiger partial charge in [0.15, 0.2) is 5.13 Å². The van der Waals surface area contributed by atoms with Gasteiger partial charge < -0.3 is 23.8 Å². The van der Waals surface area contributed by atoms with Crippen LogP contribution in [0.2, 0.25) is 5.02 Å². The largest absolute Gasteiger partial charge is 0.497 e. The van der Waals surface area contributed by atoms with E-state index in [9.17, 15) is 13.2 Å². The maximum atomic E-state index is 15.7. The first-order valence-electron chi connectivity index (χ1n) is 14.1. The van der Waals surface area contributed by atoms with Crippen LogP contribution in [0.3, 0.4) is 0 Å². The van der Waals surface area contributed by atoms with Gasteiger partial charge in [0, 0.05) is 54.7 Å². The molecule has 1 saturated heterocycles. The summed E-state index contributed by atoms with van der Waals surface area (Å²) in [4.78, 5) is 18.0. The lowest BCUT2D eigenvalue weighted by Crippen LogP contribution is -2.50. The van der Waals surface area contributed by atoms with Crippen molar-refractivity contribution in [2.24, 2.45) is 0 Å². The van der Waals surface area contributed by atoms with E-state index in [2.05, 4.69) is 4.98 Å². The molecule has 1 aliphatic rings. The van der Waals surface area contributed by atoms with Crippen molar-refractivity contribution >= 4 is 44.2 Å². The minimum absolute atomic E-state index is 0.0197. The number of carbonyl (C=O) groups is 1. The fourth-order valence-electron chi connectivity index (χ4n) is 4.90. The summed E-state index contributed by atoms with van der Waals surface area (Å²) in [5, 5.41) is 1.70. The zero-order chi connectivity index (χ0) is 32.2. The molecule has 2 heterocycles. The molecule has 1 amide bonds. The molecule has 0 bridgehead atoms. The molecule has 0 radical (unpaired) electrons. The first-order valence-corrected chi connectivity index (χ1v) is 16.8. The van der Waals surface area contributed by atoms with Crippen molar-refractivity contribution in [2.45, 2.75) is 76.1 Å². The SMILES string of the molecule is CC[C@H]1C[C@H](Oc2cc(F)c(S(=O)(=O)N(Cc3ccc(OC)cc3OC)c3nccs3)cc2Cl)CCN1C(=O)OC(C)(C)C. The van der Waals surface area contributed by atoms with Gasteiger partial charge in [-0.1, -0.05) is 18.5 Å². The number of rotatable bonds is 10. The van der Waals surface area contributed by atoms with Crippen molar-refractivity contribution in [3.8, 4) is 17.2 Å². The minimum atomic E-state index is -4.49. The quantitative estimate of drug-likeness (QED) is 0.229. The molecule has 0 saturated carbocycles. The van der Waals surface area contributed by atoms with Crippen LogP contribution in [0.4, 0.5) is 14.3 Å². The fraction of sp³-hybridized carbons (Fsp3) is 0.467. The van der Waals surface area contributed by atoms with Crippen LogP contribution in [-0.4, -0.2) is 62.9 Å². The lowest BCUT2D eigenvalue weighted by Gasteiger charge is -2.39. The van der Waals surface area contributed by atoms with Gasteiger partial charge in [0.1, 0.15) is 39.7 Å². The maximum absolute atomic E-state index is 15.7. The normalized spacial score (nSPS) is 17.2. The number of halogens is 2. The van der Waals surface area contributed by atoms with Gasteiger partial charge in [0.2, 0.25) is 0 Å². The number of amides is 1. The number of likely N-dealkylation sites (tertiary alicyclic amines) is 1. The number of carbonyl (C=O) groups excluding carboxylic acids is 1. The number of piperidine rings is 1. The number of sulfonamides is 1. The molecule has 1 fully saturated rings. The molecule has 14 heteroatoms. The number of thiazole rings is 1. The molecule has 2 aromatic carbocycles. The van der Waals surface area contributed by atoms with E-state index in [1.54, 1.807) is 28.5 Å². The number of benzene rings is 2. The standard InChI is InChI=1S/C30H37ClFN3O7S2/c1-7-20-14-22(10-12-34(20)29(36)42-30(2,3)4)41-26-17-24(32)27(16-23(26)31)44(37,38)35(28-33-11-13-43-28)18-19-8-9-21(39-5)15-25(19)40-6/h8-9,11,13,15-17,20,22H,7,10,12,14,18H2,1-6H3/t20-,22+/m0/s1. The molecule has 2 atom stereocenters. The number of methoxy groups -OCH3 is 2. The Morgan fingerprint density at radius 2 is 1.93 bits per heavy atom.